The van der Waals surface area contributed by atoms with E-state index in [0.29, 0.717) is 0 Å². The molecule has 2 N–H and O–H groups in total. The van der Waals surface area contributed by atoms with Crippen LogP contribution in [0.3, 0.4) is 0 Å². The molecule has 1 unspecified atom stereocenters. The van der Waals surface area contributed by atoms with Gasteiger partial charge in [0.1, 0.15) is 11.9 Å². The van der Waals surface area contributed by atoms with E-state index in [0.717, 1.165) is 18.2 Å². The van der Waals surface area contributed by atoms with E-state index in [-0.39, 0.29) is 16.3 Å². The lowest BCUT2D eigenvalue weighted by atomic mass is 10.1. The van der Waals surface area contributed by atoms with Crippen molar-refractivity contribution in [3.05, 3.63) is 58.4 Å². The number of anilines is 1. The van der Waals surface area contributed by atoms with Gasteiger partial charge in [0.2, 0.25) is 5.82 Å². The van der Waals surface area contributed by atoms with Crippen LogP contribution in [0.25, 0.3) is 0 Å². The molecule has 0 bridgehead atoms. The van der Waals surface area contributed by atoms with Crippen LogP contribution in [-0.4, -0.2) is 5.11 Å². The molecule has 0 aliphatic carbocycles. The Morgan fingerprint density at radius 3 is 2.43 bits per heavy atom. The van der Waals surface area contributed by atoms with Crippen molar-refractivity contribution < 1.29 is 18.3 Å². The third kappa shape index (κ3) is 3.03. The van der Waals surface area contributed by atoms with Crippen molar-refractivity contribution in [2.75, 3.05) is 5.32 Å². The van der Waals surface area contributed by atoms with Gasteiger partial charge >= 0.3 is 0 Å². The second-order valence-electron chi connectivity index (χ2n) is 4.13. The van der Waals surface area contributed by atoms with E-state index in [1.807, 2.05) is 0 Å². The van der Waals surface area contributed by atoms with Crippen LogP contribution in [0.15, 0.2) is 30.3 Å². The van der Waals surface area contributed by atoms with E-state index in [4.69, 9.17) is 16.9 Å². The Kier molecular flexibility index (Phi) is 4.24. The van der Waals surface area contributed by atoms with Crippen LogP contribution in [0.2, 0.25) is 5.02 Å². The number of hydrogen-bond acceptors (Lipinski definition) is 3. The molecule has 0 aliphatic heterocycles. The van der Waals surface area contributed by atoms with Crippen LogP contribution in [0.5, 0.6) is 5.75 Å². The van der Waals surface area contributed by atoms with Crippen molar-refractivity contribution in [3.63, 3.8) is 0 Å². The minimum Gasteiger partial charge on any atom is -0.504 e. The van der Waals surface area contributed by atoms with Gasteiger partial charge in [-0.1, -0.05) is 11.6 Å². The first-order valence-corrected chi connectivity index (χ1v) is 6.10. The zero-order valence-electron chi connectivity index (χ0n) is 10.4. The largest absolute Gasteiger partial charge is 0.504 e. The van der Waals surface area contributed by atoms with Crippen LogP contribution in [0.4, 0.5) is 18.9 Å². The van der Waals surface area contributed by atoms with Gasteiger partial charge in [0.15, 0.2) is 11.6 Å². The van der Waals surface area contributed by atoms with Crippen molar-refractivity contribution >= 4 is 17.3 Å². The van der Waals surface area contributed by atoms with Gasteiger partial charge < -0.3 is 10.4 Å². The highest BCUT2D eigenvalue weighted by atomic mass is 35.5. The molecule has 0 saturated heterocycles. The van der Waals surface area contributed by atoms with Gasteiger partial charge in [-0.25, -0.2) is 8.78 Å². The molecule has 2 rings (SSSR count). The van der Waals surface area contributed by atoms with Gasteiger partial charge in [-0.15, -0.1) is 0 Å². The number of nitrogens with zero attached hydrogens (tertiary/aromatic N) is 1. The summed E-state index contributed by atoms with van der Waals surface area (Å²) in [7, 11) is 0. The molecular weight excluding hydrogens is 305 g/mol. The zero-order valence-corrected chi connectivity index (χ0v) is 11.1. The van der Waals surface area contributed by atoms with Gasteiger partial charge in [-0.2, -0.15) is 9.65 Å². The summed E-state index contributed by atoms with van der Waals surface area (Å²) in [5, 5.41) is 21.1. The van der Waals surface area contributed by atoms with E-state index >= 15 is 0 Å². The number of aromatic hydroxyl groups is 1. The molecule has 0 amide bonds. The molecule has 0 aromatic heterocycles. The molecule has 0 saturated carbocycles. The number of nitrogens with one attached hydrogen (secondary N) is 1. The van der Waals surface area contributed by atoms with Crippen LogP contribution in [0, 0.1) is 28.8 Å². The minimum atomic E-state index is -1.44. The standard InChI is InChI=1S/C14H8ClF3N2O/c15-9-5-7(1-3-10(9)16)20-12(6-19)8-2-4-11(17)13(18)14(8)21/h1-5,12,20-21H. The minimum absolute atomic E-state index is 0.142. The highest BCUT2D eigenvalue weighted by Gasteiger charge is 2.20. The Balaban J connectivity index is 2.35. The van der Waals surface area contributed by atoms with Gasteiger partial charge in [0.25, 0.3) is 0 Å². The number of benzene rings is 2. The molecule has 1 atom stereocenters. The second kappa shape index (κ2) is 5.94. The van der Waals surface area contributed by atoms with E-state index < -0.39 is 29.2 Å². The van der Waals surface area contributed by atoms with E-state index in [2.05, 4.69) is 5.32 Å². The lowest BCUT2D eigenvalue weighted by Gasteiger charge is -2.15. The van der Waals surface area contributed by atoms with Crippen LogP contribution >= 0.6 is 11.6 Å². The Morgan fingerprint density at radius 1 is 1.14 bits per heavy atom. The second-order valence-corrected chi connectivity index (χ2v) is 4.54. The van der Waals surface area contributed by atoms with Gasteiger partial charge in [0, 0.05) is 11.3 Å². The molecular formula is C14H8ClF3N2O. The summed E-state index contributed by atoms with van der Waals surface area (Å²) in [5.74, 6) is -4.25. The molecule has 7 heteroatoms. The molecule has 2 aromatic rings. The van der Waals surface area contributed by atoms with Crippen molar-refractivity contribution in [2.24, 2.45) is 0 Å². The SMILES string of the molecule is N#CC(Nc1ccc(F)c(Cl)c1)c1ccc(F)c(F)c1O. The summed E-state index contributed by atoms with van der Waals surface area (Å²) in [6, 6.07) is 6.15. The Bertz CT molecular complexity index is 731. The number of phenols is 1. The average Bonchev–Trinajstić information content (AvgIpc) is 2.47. The first-order valence-electron chi connectivity index (χ1n) is 5.72. The molecule has 0 radical (unpaired) electrons. The predicted octanol–water partition coefficient (Wildman–Crippen LogP) is 4.14. The lowest BCUT2D eigenvalue weighted by molar-refractivity contribution is 0.401. The predicted molar refractivity (Wildman–Crippen MR) is 71.4 cm³/mol. The molecule has 108 valence electrons. The molecule has 3 nitrogen and oxygen atoms in total. The number of phenolic OH excluding ortho intramolecular Hbond substituents is 1. The smallest absolute Gasteiger partial charge is 0.200 e. The third-order valence-corrected chi connectivity index (χ3v) is 3.06. The molecule has 21 heavy (non-hydrogen) atoms. The zero-order chi connectivity index (χ0) is 15.6. The van der Waals surface area contributed by atoms with Gasteiger partial charge in [-0.05, 0) is 30.3 Å². The average molecular weight is 313 g/mol. The van der Waals surface area contributed by atoms with E-state index in [1.54, 1.807) is 6.07 Å². The summed E-state index contributed by atoms with van der Waals surface area (Å²) in [5.41, 5.74) is 0.147. The Labute approximate surface area is 123 Å². The number of nitriles is 1. The number of halogens is 4. The van der Waals surface area contributed by atoms with Crippen molar-refractivity contribution in [1.29, 1.82) is 5.26 Å². The Hall–Kier alpha value is -2.39. The van der Waals surface area contributed by atoms with E-state index in [1.165, 1.54) is 12.1 Å². The monoisotopic (exact) mass is 312 g/mol. The number of rotatable bonds is 3. The summed E-state index contributed by atoms with van der Waals surface area (Å²) in [4.78, 5) is 0. The normalized spacial score (nSPS) is 11.8. The maximum atomic E-state index is 13.3. The highest BCUT2D eigenvalue weighted by molar-refractivity contribution is 6.31. The lowest BCUT2D eigenvalue weighted by Crippen LogP contribution is -2.10. The van der Waals surface area contributed by atoms with Crippen molar-refractivity contribution in [3.8, 4) is 11.8 Å². The van der Waals surface area contributed by atoms with Crippen molar-refractivity contribution in [2.45, 2.75) is 6.04 Å². The highest BCUT2D eigenvalue weighted by Crippen LogP contribution is 2.31. The quantitative estimate of drug-likeness (QED) is 0.895. The molecule has 0 fully saturated rings. The van der Waals surface area contributed by atoms with E-state index in [9.17, 15) is 18.3 Å². The first-order chi connectivity index (χ1) is 9.93. The topological polar surface area (TPSA) is 56.0 Å². The third-order valence-electron chi connectivity index (χ3n) is 2.77. The van der Waals surface area contributed by atoms with Gasteiger partial charge in [-0.3, -0.25) is 0 Å². The molecule has 0 aliphatic rings. The van der Waals surface area contributed by atoms with Crippen LogP contribution in [-0.2, 0) is 0 Å². The number of hydrogen-bond donors (Lipinski definition) is 2. The fraction of sp³-hybridized carbons (Fsp3) is 0.0714. The fourth-order valence-corrected chi connectivity index (χ4v) is 1.90. The van der Waals surface area contributed by atoms with Crippen LogP contribution < -0.4 is 5.32 Å². The van der Waals surface area contributed by atoms with Crippen LogP contribution in [0.1, 0.15) is 11.6 Å². The van der Waals surface area contributed by atoms with Gasteiger partial charge in [0.05, 0.1) is 11.1 Å². The summed E-state index contributed by atoms with van der Waals surface area (Å²) >= 11 is 5.61. The molecule has 0 heterocycles. The first kappa shape index (κ1) is 15.0. The maximum Gasteiger partial charge on any atom is 0.200 e. The summed E-state index contributed by atoms with van der Waals surface area (Å²) < 4.78 is 39.3. The fourth-order valence-electron chi connectivity index (χ4n) is 1.72. The maximum absolute atomic E-state index is 13.3. The summed E-state index contributed by atoms with van der Waals surface area (Å²) in [6.07, 6.45) is 0. The molecule has 2 aromatic carbocycles. The molecule has 0 spiro atoms. The summed E-state index contributed by atoms with van der Waals surface area (Å²) in [6.45, 7) is 0. The van der Waals surface area contributed by atoms with Crippen molar-refractivity contribution in [1.82, 2.24) is 0 Å². The Morgan fingerprint density at radius 2 is 1.81 bits per heavy atom.